The molecule has 0 spiro atoms. The fraction of sp³-hybridized carbons (Fsp3) is 0.400. The van der Waals surface area contributed by atoms with Crippen LogP contribution in [0.5, 0.6) is 0 Å². The van der Waals surface area contributed by atoms with Gasteiger partial charge < -0.3 is 10.2 Å². The number of hydrogen-bond donors (Lipinski definition) is 1. The minimum Gasteiger partial charge on any atom is -0.353 e. The van der Waals surface area contributed by atoms with Gasteiger partial charge in [-0.15, -0.1) is 5.10 Å². The van der Waals surface area contributed by atoms with E-state index in [-0.39, 0.29) is 0 Å². The molecule has 1 heterocycles. The van der Waals surface area contributed by atoms with Crippen LogP contribution in [0.4, 0.5) is 17.5 Å². The maximum Gasteiger partial charge on any atom is 0.244 e. The van der Waals surface area contributed by atoms with Crippen molar-refractivity contribution in [1.29, 1.82) is 0 Å². The van der Waals surface area contributed by atoms with Crippen molar-refractivity contribution in [1.82, 2.24) is 15.2 Å². The van der Waals surface area contributed by atoms with Crippen molar-refractivity contribution in [2.75, 3.05) is 23.3 Å². The largest absolute Gasteiger partial charge is 0.353 e. The number of rotatable bonds is 7. The van der Waals surface area contributed by atoms with Crippen molar-refractivity contribution in [2.45, 2.75) is 26.7 Å². The smallest absolute Gasteiger partial charge is 0.244 e. The quantitative estimate of drug-likeness (QED) is 0.783. The Labute approximate surface area is 120 Å². The molecule has 2 rings (SSSR count). The molecule has 2 aromatic rings. The lowest BCUT2D eigenvalue weighted by atomic mass is 10.3. The highest BCUT2D eigenvalue weighted by atomic mass is 15.3. The maximum atomic E-state index is 4.53. The van der Waals surface area contributed by atoms with Gasteiger partial charge in [0.2, 0.25) is 5.95 Å². The third-order valence-electron chi connectivity index (χ3n) is 3.02. The molecule has 106 valence electrons. The van der Waals surface area contributed by atoms with E-state index in [0.717, 1.165) is 37.4 Å². The van der Waals surface area contributed by atoms with Gasteiger partial charge in [0.15, 0.2) is 5.82 Å². The molecule has 0 bridgehead atoms. The number of hydrogen-bond acceptors (Lipinski definition) is 5. The summed E-state index contributed by atoms with van der Waals surface area (Å²) < 4.78 is 0. The van der Waals surface area contributed by atoms with Crippen molar-refractivity contribution in [3.8, 4) is 0 Å². The molecule has 0 fully saturated rings. The Balaban J connectivity index is 2.16. The summed E-state index contributed by atoms with van der Waals surface area (Å²) in [4.78, 5) is 6.64. The van der Waals surface area contributed by atoms with E-state index in [1.165, 1.54) is 0 Å². The molecular formula is C15H21N5. The Morgan fingerprint density at radius 3 is 2.65 bits per heavy atom. The Bertz CT molecular complexity index is 515. The third-order valence-corrected chi connectivity index (χ3v) is 3.02. The monoisotopic (exact) mass is 271 g/mol. The molecule has 20 heavy (non-hydrogen) atoms. The van der Waals surface area contributed by atoms with Gasteiger partial charge in [0, 0.05) is 18.8 Å². The van der Waals surface area contributed by atoms with Gasteiger partial charge in [-0.3, -0.25) is 0 Å². The molecule has 0 unspecified atom stereocenters. The number of benzene rings is 1. The van der Waals surface area contributed by atoms with Crippen LogP contribution in [0, 0.1) is 0 Å². The highest BCUT2D eigenvalue weighted by Crippen LogP contribution is 2.22. The average Bonchev–Trinajstić information content (AvgIpc) is 2.50. The van der Waals surface area contributed by atoms with E-state index in [0.29, 0.717) is 5.95 Å². The fourth-order valence-corrected chi connectivity index (χ4v) is 1.96. The standard InChI is InChI=1S/C15H21N5/c1-3-5-11-16-15-18-14(12-17-19-15)20(4-2)13-9-7-6-8-10-13/h6-10,12H,3-5,11H2,1-2H3,(H,16,18,19). The minimum absolute atomic E-state index is 0.588. The third kappa shape index (κ3) is 3.66. The van der Waals surface area contributed by atoms with Crippen molar-refractivity contribution >= 4 is 17.5 Å². The molecule has 0 aliphatic rings. The van der Waals surface area contributed by atoms with Gasteiger partial charge in [0.1, 0.15) is 0 Å². The van der Waals surface area contributed by atoms with Crippen LogP contribution in [0.2, 0.25) is 0 Å². The maximum absolute atomic E-state index is 4.53. The second-order valence-corrected chi connectivity index (χ2v) is 4.50. The number of nitrogens with one attached hydrogen (secondary N) is 1. The molecule has 5 nitrogen and oxygen atoms in total. The highest BCUT2D eigenvalue weighted by Gasteiger charge is 2.09. The van der Waals surface area contributed by atoms with E-state index in [1.54, 1.807) is 6.20 Å². The predicted octanol–water partition coefficient (Wildman–Crippen LogP) is 3.24. The summed E-state index contributed by atoms with van der Waals surface area (Å²) in [6.45, 7) is 5.96. The fourth-order valence-electron chi connectivity index (χ4n) is 1.96. The normalized spacial score (nSPS) is 10.3. The van der Waals surface area contributed by atoms with Crippen LogP contribution < -0.4 is 10.2 Å². The van der Waals surface area contributed by atoms with Crippen molar-refractivity contribution in [3.63, 3.8) is 0 Å². The molecular weight excluding hydrogens is 250 g/mol. The zero-order valence-electron chi connectivity index (χ0n) is 12.1. The first-order valence-electron chi connectivity index (χ1n) is 7.11. The van der Waals surface area contributed by atoms with Crippen molar-refractivity contribution in [3.05, 3.63) is 36.5 Å². The summed E-state index contributed by atoms with van der Waals surface area (Å²) in [5, 5.41) is 11.3. The van der Waals surface area contributed by atoms with Crippen molar-refractivity contribution < 1.29 is 0 Å². The first kappa shape index (κ1) is 14.2. The van der Waals surface area contributed by atoms with E-state index in [4.69, 9.17) is 0 Å². The van der Waals surface area contributed by atoms with Crippen LogP contribution >= 0.6 is 0 Å². The van der Waals surface area contributed by atoms with Gasteiger partial charge in [-0.2, -0.15) is 10.1 Å². The summed E-state index contributed by atoms with van der Waals surface area (Å²) in [5.41, 5.74) is 1.11. The summed E-state index contributed by atoms with van der Waals surface area (Å²) in [6, 6.07) is 10.2. The molecule has 1 aromatic carbocycles. The number of nitrogens with zero attached hydrogens (tertiary/aromatic N) is 4. The van der Waals surface area contributed by atoms with E-state index in [1.807, 2.05) is 18.2 Å². The summed E-state index contributed by atoms with van der Waals surface area (Å²) in [7, 11) is 0. The summed E-state index contributed by atoms with van der Waals surface area (Å²) in [5.74, 6) is 1.40. The SMILES string of the molecule is CCCCNc1nncc(N(CC)c2ccccc2)n1. The second-order valence-electron chi connectivity index (χ2n) is 4.50. The van der Waals surface area contributed by atoms with Crippen LogP contribution in [0.25, 0.3) is 0 Å². The lowest BCUT2D eigenvalue weighted by Crippen LogP contribution is -2.19. The predicted molar refractivity (Wildman–Crippen MR) is 82.3 cm³/mol. The van der Waals surface area contributed by atoms with Gasteiger partial charge in [0.05, 0.1) is 6.20 Å². The van der Waals surface area contributed by atoms with E-state index in [2.05, 4.69) is 51.4 Å². The van der Waals surface area contributed by atoms with Gasteiger partial charge in [0.25, 0.3) is 0 Å². The van der Waals surface area contributed by atoms with Crippen LogP contribution in [-0.2, 0) is 0 Å². The molecule has 0 amide bonds. The number of unbranched alkanes of at least 4 members (excludes halogenated alkanes) is 1. The summed E-state index contributed by atoms with van der Waals surface area (Å²) in [6.07, 6.45) is 3.94. The summed E-state index contributed by atoms with van der Waals surface area (Å²) >= 11 is 0. The van der Waals surface area contributed by atoms with Crippen molar-refractivity contribution in [2.24, 2.45) is 0 Å². The molecule has 0 saturated heterocycles. The van der Waals surface area contributed by atoms with E-state index in [9.17, 15) is 0 Å². The zero-order chi connectivity index (χ0) is 14.2. The zero-order valence-corrected chi connectivity index (χ0v) is 12.1. The number of anilines is 3. The molecule has 5 heteroatoms. The molecule has 0 radical (unpaired) electrons. The molecule has 0 aliphatic carbocycles. The molecule has 1 aromatic heterocycles. The van der Waals surface area contributed by atoms with Gasteiger partial charge >= 0.3 is 0 Å². The lowest BCUT2D eigenvalue weighted by molar-refractivity contribution is 0.816. The number of aromatic nitrogens is 3. The van der Waals surface area contributed by atoms with Crippen LogP contribution in [0.3, 0.4) is 0 Å². The first-order chi connectivity index (χ1) is 9.85. The average molecular weight is 271 g/mol. The van der Waals surface area contributed by atoms with Crippen LogP contribution in [0.1, 0.15) is 26.7 Å². The highest BCUT2D eigenvalue weighted by molar-refractivity contribution is 5.59. The minimum atomic E-state index is 0.588. The van der Waals surface area contributed by atoms with Gasteiger partial charge in [-0.1, -0.05) is 31.5 Å². The Hall–Kier alpha value is -2.17. The lowest BCUT2D eigenvalue weighted by Gasteiger charge is -2.21. The Morgan fingerprint density at radius 1 is 1.15 bits per heavy atom. The molecule has 0 aliphatic heterocycles. The van der Waals surface area contributed by atoms with Gasteiger partial charge in [-0.05, 0) is 25.5 Å². The molecule has 0 saturated carbocycles. The number of para-hydroxylation sites is 1. The van der Waals surface area contributed by atoms with E-state index >= 15 is 0 Å². The molecule has 1 N–H and O–H groups in total. The molecule has 0 atom stereocenters. The second kappa shape index (κ2) is 7.43. The Kier molecular flexibility index (Phi) is 5.29. The van der Waals surface area contributed by atoms with Crippen LogP contribution in [0.15, 0.2) is 36.5 Å². The first-order valence-corrected chi connectivity index (χ1v) is 7.11. The van der Waals surface area contributed by atoms with Crippen LogP contribution in [-0.4, -0.2) is 28.3 Å². The van der Waals surface area contributed by atoms with Gasteiger partial charge in [-0.25, -0.2) is 0 Å². The topological polar surface area (TPSA) is 53.9 Å². The van der Waals surface area contributed by atoms with E-state index < -0.39 is 0 Å². The Morgan fingerprint density at radius 2 is 1.95 bits per heavy atom.